The summed E-state index contributed by atoms with van der Waals surface area (Å²) in [5.41, 5.74) is -0.213. The lowest BCUT2D eigenvalue weighted by atomic mass is 10.5. The molecule has 0 fully saturated rings. The van der Waals surface area contributed by atoms with Crippen LogP contribution in [0.25, 0.3) is 0 Å². The van der Waals surface area contributed by atoms with E-state index in [0.29, 0.717) is 6.54 Å². The summed E-state index contributed by atoms with van der Waals surface area (Å²) in [7, 11) is 0. The van der Waals surface area contributed by atoms with Gasteiger partial charge < -0.3 is 4.57 Å². The average Bonchev–Trinajstić information content (AvgIpc) is 2.63. The number of rotatable bonds is 3. The van der Waals surface area contributed by atoms with Crippen molar-refractivity contribution in [2.24, 2.45) is 0 Å². The Hall–Kier alpha value is -1.91. The van der Waals surface area contributed by atoms with Gasteiger partial charge >= 0.3 is 5.69 Å². The van der Waals surface area contributed by atoms with Crippen molar-refractivity contribution in [2.75, 3.05) is 0 Å². The third-order valence-corrected chi connectivity index (χ3v) is 2.29. The summed E-state index contributed by atoms with van der Waals surface area (Å²) >= 11 is 0. The van der Waals surface area contributed by atoms with Crippen molar-refractivity contribution in [3.8, 4) is 0 Å². The molecular weight excluding hydrogens is 192 g/mol. The fourth-order valence-corrected chi connectivity index (χ4v) is 1.41. The maximum atomic E-state index is 11.3. The van der Waals surface area contributed by atoms with Crippen LogP contribution >= 0.6 is 0 Å². The Labute approximate surface area is 87.0 Å². The molecule has 0 spiro atoms. The van der Waals surface area contributed by atoms with Crippen LogP contribution in [0, 0.1) is 6.92 Å². The highest BCUT2D eigenvalue weighted by Crippen LogP contribution is 1.95. The van der Waals surface area contributed by atoms with Gasteiger partial charge in [0.15, 0.2) is 0 Å². The molecule has 2 aromatic heterocycles. The van der Waals surface area contributed by atoms with Crippen molar-refractivity contribution in [3.05, 3.63) is 47.2 Å². The topological polar surface area (TPSA) is 52.7 Å². The first kappa shape index (κ1) is 9.64. The van der Waals surface area contributed by atoms with Crippen molar-refractivity contribution < 1.29 is 0 Å². The summed E-state index contributed by atoms with van der Waals surface area (Å²) in [4.78, 5) is 19.1. The van der Waals surface area contributed by atoms with E-state index in [1.54, 1.807) is 23.0 Å². The van der Waals surface area contributed by atoms with Gasteiger partial charge in [-0.25, -0.2) is 14.8 Å². The van der Waals surface area contributed by atoms with E-state index in [2.05, 4.69) is 9.97 Å². The summed E-state index contributed by atoms with van der Waals surface area (Å²) in [5.74, 6) is 0.951. The predicted molar refractivity (Wildman–Crippen MR) is 55.5 cm³/mol. The highest BCUT2D eigenvalue weighted by atomic mass is 16.1. The van der Waals surface area contributed by atoms with Crippen molar-refractivity contribution in [3.63, 3.8) is 0 Å². The van der Waals surface area contributed by atoms with Gasteiger partial charge in [-0.3, -0.25) is 4.57 Å². The molecule has 0 N–H and O–H groups in total. The first-order chi connectivity index (χ1) is 7.27. The third-order valence-electron chi connectivity index (χ3n) is 2.29. The standard InChI is InChI=1S/C10H12N4O/c1-9-11-4-6-13(9)7-8-14-5-2-3-12-10(14)15/h2-6H,7-8H2,1H3. The molecule has 78 valence electrons. The Morgan fingerprint density at radius 2 is 1.93 bits per heavy atom. The number of aromatic nitrogens is 4. The highest BCUT2D eigenvalue weighted by molar-refractivity contribution is 4.88. The number of nitrogens with zero attached hydrogens (tertiary/aromatic N) is 4. The summed E-state index contributed by atoms with van der Waals surface area (Å²) in [6.45, 7) is 3.29. The Kier molecular flexibility index (Phi) is 2.62. The monoisotopic (exact) mass is 204 g/mol. The van der Waals surface area contributed by atoms with Gasteiger partial charge in [-0.05, 0) is 13.0 Å². The average molecular weight is 204 g/mol. The fourth-order valence-electron chi connectivity index (χ4n) is 1.41. The van der Waals surface area contributed by atoms with E-state index in [9.17, 15) is 4.79 Å². The first-order valence-corrected chi connectivity index (χ1v) is 4.76. The lowest BCUT2D eigenvalue weighted by molar-refractivity contribution is 0.546. The lowest BCUT2D eigenvalue weighted by Gasteiger charge is -2.06. The van der Waals surface area contributed by atoms with Gasteiger partial charge in [0.2, 0.25) is 0 Å². The molecule has 0 aliphatic carbocycles. The molecule has 0 aliphatic heterocycles. The van der Waals surface area contributed by atoms with Crippen LogP contribution in [0.1, 0.15) is 5.82 Å². The SMILES string of the molecule is Cc1nccn1CCn1cccnc1=O. The van der Waals surface area contributed by atoms with E-state index in [1.165, 1.54) is 6.20 Å². The lowest BCUT2D eigenvalue weighted by Crippen LogP contribution is -2.23. The summed E-state index contributed by atoms with van der Waals surface area (Å²) in [6, 6.07) is 1.75. The molecule has 15 heavy (non-hydrogen) atoms. The van der Waals surface area contributed by atoms with Crippen LogP contribution in [0.5, 0.6) is 0 Å². The van der Waals surface area contributed by atoms with Gasteiger partial charge in [0.05, 0.1) is 0 Å². The molecule has 0 bridgehead atoms. The van der Waals surface area contributed by atoms with Gasteiger partial charge in [0, 0.05) is 37.9 Å². The molecule has 5 nitrogen and oxygen atoms in total. The molecule has 2 rings (SSSR count). The second kappa shape index (κ2) is 4.08. The van der Waals surface area contributed by atoms with Gasteiger partial charge in [0.1, 0.15) is 5.82 Å². The Balaban J connectivity index is 2.09. The van der Waals surface area contributed by atoms with Crippen LogP contribution in [0.3, 0.4) is 0 Å². The molecule has 0 saturated heterocycles. The predicted octanol–water partition coefficient (Wildman–Crippen LogP) is 0.448. The Morgan fingerprint density at radius 1 is 1.13 bits per heavy atom. The smallest absolute Gasteiger partial charge is 0.333 e. The van der Waals surface area contributed by atoms with Gasteiger partial charge in [-0.1, -0.05) is 0 Å². The van der Waals surface area contributed by atoms with E-state index in [-0.39, 0.29) is 5.69 Å². The van der Waals surface area contributed by atoms with Crippen molar-refractivity contribution >= 4 is 0 Å². The fraction of sp³-hybridized carbons (Fsp3) is 0.300. The summed E-state index contributed by atoms with van der Waals surface area (Å²) in [5, 5.41) is 0. The Morgan fingerprint density at radius 3 is 2.60 bits per heavy atom. The van der Waals surface area contributed by atoms with Crippen LogP contribution in [0.4, 0.5) is 0 Å². The molecule has 0 atom stereocenters. The van der Waals surface area contributed by atoms with Crippen LogP contribution in [0.15, 0.2) is 35.6 Å². The van der Waals surface area contributed by atoms with Crippen molar-refractivity contribution in [2.45, 2.75) is 20.0 Å². The molecule has 0 aromatic carbocycles. The second-order valence-electron chi connectivity index (χ2n) is 3.26. The number of hydrogen-bond acceptors (Lipinski definition) is 3. The largest absolute Gasteiger partial charge is 0.347 e. The van der Waals surface area contributed by atoms with Crippen LogP contribution in [-0.4, -0.2) is 19.1 Å². The number of aryl methyl sites for hydroxylation is 3. The van der Waals surface area contributed by atoms with E-state index in [0.717, 1.165) is 12.4 Å². The molecule has 0 aliphatic rings. The van der Waals surface area contributed by atoms with E-state index >= 15 is 0 Å². The van der Waals surface area contributed by atoms with E-state index in [4.69, 9.17) is 0 Å². The van der Waals surface area contributed by atoms with Crippen molar-refractivity contribution in [1.29, 1.82) is 0 Å². The second-order valence-corrected chi connectivity index (χ2v) is 3.26. The molecule has 2 aromatic rings. The van der Waals surface area contributed by atoms with Crippen LogP contribution in [0.2, 0.25) is 0 Å². The molecule has 0 unspecified atom stereocenters. The minimum Gasteiger partial charge on any atom is -0.333 e. The Bertz CT molecular complexity index is 500. The summed E-state index contributed by atoms with van der Waals surface area (Å²) in [6.07, 6.45) is 6.89. The van der Waals surface area contributed by atoms with Crippen LogP contribution < -0.4 is 5.69 Å². The molecule has 0 amide bonds. The maximum Gasteiger partial charge on any atom is 0.347 e. The molecular formula is C10H12N4O. The zero-order valence-electron chi connectivity index (χ0n) is 8.50. The van der Waals surface area contributed by atoms with Gasteiger partial charge in [0.25, 0.3) is 0 Å². The normalized spacial score (nSPS) is 10.5. The number of hydrogen-bond donors (Lipinski definition) is 0. The molecule has 2 heterocycles. The zero-order valence-corrected chi connectivity index (χ0v) is 8.50. The first-order valence-electron chi connectivity index (χ1n) is 4.76. The molecule has 0 radical (unpaired) electrons. The summed E-state index contributed by atoms with van der Waals surface area (Å²) < 4.78 is 3.58. The van der Waals surface area contributed by atoms with Crippen LogP contribution in [-0.2, 0) is 13.1 Å². The van der Waals surface area contributed by atoms with E-state index < -0.39 is 0 Å². The zero-order chi connectivity index (χ0) is 10.7. The maximum absolute atomic E-state index is 11.3. The van der Waals surface area contributed by atoms with Gasteiger partial charge in [-0.2, -0.15) is 0 Å². The molecule has 0 saturated carbocycles. The molecule has 5 heteroatoms. The van der Waals surface area contributed by atoms with E-state index in [1.807, 2.05) is 17.7 Å². The van der Waals surface area contributed by atoms with Crippen molar-refractivity contribution in [1.82, 2.24) is 19.1 Å². The minimum absolute atomic E-state index is 0.213. The third kappa shape index (κ3) is 2.12. The minimum atomic E-state index is -0.213. The highest BCUT2D eigenvalue weighted by Gasteiger charge is 1.98. The van der Waals surface area contributed by atoms with Gasteiger partial charge in [-0.15, -0.1) is 0 Å². The number of imidazole rings is 1. The quantitative estimate of drug-likeness (QED) is 0.729.